The van der Waals surface area contributed by atoms with Crippen LogP contribution in [0.15, 0.2) is 48.5 Å². The van der Waals surface area contributed by atoms with Crippen LogP contribution in [0.1, 0.15) is 46.9 Å². The van der Waals surface area contributed by atoms with Crippen LogP contribution >= 0.6 is 0 Å². The first-order valence-electron chi connectivity index (χ1n) is 11.8. The number of hydrogen-bond donors (Lipinski definition) is 3. The number of methoxy groups -OCH3 is 1. The highest BCUT2D eigenvalue weighted by atomic mass is 16.5. The zero-order chi connectivity index (χ0) is 24.3. The van der Waals surface area contributed by atoms with Crippen molar-refractivity contribution in [2.75, 3.05) is 50.5 Å². The van der Waals surface area contributed by atoms with Gasteiger partial charge in [0, 0.05) is 55.9 Å². The summed E-state index contributed by atoms with van der Waals surface area (Å²) in [6.45, 7) is 4.97. The molecule has 0 atom stereocenters. The second-order valence-corrected chi connectivity index (χ2v) is 8.64. The van der Waals surface area contributed by atoms with E-state index in [1.54, 1.807) is 55.6 Å². The maximum Gasteiger partial charge on any atom is 0.253 e. The van der Waals surface area contributed by atoms with Crippen molar-refractivity contribution in [1.29, 1.82) is 0 Å². The van der Waals surface area contributed by atoms with Gasteiger partial charge >= 0.3 is 0 Å². The molecule has 0 spiro atoms. The van der Waals surface area contributed by atoms with E-state index in [0.29, 0.717) is 41.6 Å². The minimum absolute atomic E-state index is 0.0362. The van der Waals surface area contributed by atoms with E-state index >= 15 is 0 Å². The Labute approximate surface area is 201 Å². The first-order chi connectivity index (χ1) is 16.5. The second kappa shape index (κ2) is 12.7. The highest BCUT2D eigenvalue weighted by Crippen LogP contribution is 2.19. The number of carbonyl (C=O) groups is 3. The van der Waals surface area contributed by atoms with Crippen molar-refractivity contribution in [2.24, 2.45) is 5.92 Å². The minimum atomic E-state index is -0.224. The molecular formula is C26H34N4O4. The van der Waals surface area contributed by atoms with E-state index in [0.717, 1.165) is 32.4 Å². The number of amides is 3. The summed E-state index contributed by atoms with van der Waals surface area (Å²) in [5, 5.41) is 8.70. The highest BCUT2D eigenvalue weighted by molar-refractivity contribution is 5.97. The van der Waals surface area contributed by atoms with Crippen LogP contribution in [0.2, 0.25) is 0 Å². The van der Waals surface area contributed by atoms with Gasteiger partial charge in [0.15, 0.2) is 0 Å². The van der Waals surface area contributed by atoms with Gasteiger partial charge in [-0.25, -0.2) is 0 Å². The van der Waals surface area contributed by atoms with E-state index in [2.05, 4.69) is 22.9 Å². The summed E-state index contributed by atoms with van der Waals surface area (Å²) in [7, 11) is 1.62. The quantitative estimate of drug-likeness (QED) is 0.466. The maximum atomic E-state index is 12.7. The lowest BCUT2D eigenvalue weighted by molar-refractivity contribution is -0.114. The van der Waals surface area contributed by atoms with Gasteiger partial charge in [-0.05, 0) is 67.6 Å². The summed E-state index contributed by atoms with van der Waals surface area (Å²) >= 11 is 0. The lowest BCUT2D eigenvalue weighted by Gasteiger charge is -2.30. The van der Waals surface area contributed by atoms with E-state index in [4.69, 9.17) is 4.74 Å². The first-order valence-corrected chi connectivity index (χ1v) is 11.8. The maximum absolute atomic E-state index is 12.7. The summed E-state index contributed by atoms with van der Waals surface area (Å²) in [6.07, 6.45) is 2.82. The monoisotopic (exact) mass is 466 g/mol. The summed E-state index contributed by atoms with van der Waals surface area (Å²) in [4.78, 5) is 39.2. The van der Waals surface area contributed by atoms with Gasteiger partial charge in [-0.15, -0.1) is 0 Å². The zero-order valence-electron chi connectivity index (χ0n) is 19.9. The number of anilines is 2. The SMILES string of the molecule is COCCCNC(=O)c1cccc(NCC(=O)Nc2ccc(C(=O)N3CCC(C)CC3)cc2)c1. The van der Waals surface area contributed by atoms with Crippen LogP contribution in [0.25, 0.3) is 0 Å². The molecule has 1 heterocycles. The van der Waals surface area contributed by atoms with Crippen LogP contribution in [0, 0.1) is 5.92 Å². The molecule has 0 aromatic heterocycles. The van der Waals surface area contributed by atoms with Gasteiger partial charge < -0.3 is 25.6 Å². The molecule has 3 rings (SSSR count). The van der Waals surface area contributed by atoms with Crippen molar-refractivity contribution in [3.8, 4) is 0 Å². The van der Waals surface area contributed by atoms with E-state index in [1.807, 2.05) is 4.90 Å². The number of nitrogens with one attached hydrogen (secondary N) is 3. The molecule has 2 aromatic carbocycles. The first kappa shape index (κ1) is 25.2. The van der Waals surface area contributed by atoms with Crippen molar-refractivity contribution in [3.63, 3.8) is 0 Å². The molecule has 1 aliphatic rings. The Morgan fingerprint density at radius 2 is 1.74 bits per heavy atom. The number of likely N-dealkylation sites (tertiary alicyclic amines) is 1. The van der Waals surface area contributed by atoms with Crippen LogP contribution in [0.5, 0.6) is 0 Å². The molecule has 182 valence electrons. The molecule has 0 saturated carbocycles. The van der Waals surface area contributed by atoms with Gasteiger partial charge in [-0.3, -0.25) is 14.4 Å². The fraction of sp³-hybridized carbons (Fsp3) is 0.423. The van der Waals surface area contributed by atoms with Crippen molar-refractivity contribution in [1.82, 2.24) is 10.2 Å². The predicted octanol–water partition coefficient (Wildman–Crippen LogP) is 3.38. The van der Waals surface area contributed by atoms with E-state index < -0.39 is 0 Å². The summed E-state index contributed by atoms with van der Waals surface area (Å²) in [5.74, 6) is 0.312. The molecular weight excluding hydrogens is 432 g/mol. The van der Waals surface area contributed by atoms with Gasteiger partial charge in [-0.1, -0.05) is 13.0 Å². The third-order valence-electron chi connectivity index (χ3n) is 5.88. The molecule has 8 nitrogen and oxygen atoms in total. The fourth-order valence-electron chi connectivity index (χ4n) is 3.77. The summed E-state index contributed by atoms with van der Waals surface area (Å²) in [6, 6.07) is 14.0. The lowest BCUT2D eigenvalue weighted by atomic mass is 9.98. The Kier molecular flexibility index (Phi) is 9.46. The van der Waals surface area contributed by atoms with Crippen molar-refractivity contribution < 1.29 is 19.1 Å². The molecule has 0 aliphatic carbocycles. The van der Waals surface area contributed by atoms with E-state index in [-0.39, 0.29) is 24.3 Å². The Morgan fingerprint density at radius 3 is 2.44 bits per heavy atom. The van der Waals surface area contributed by atoms with Gasteiger partial charge in [0.2, 0.25) is 5.91 Å². The second-order valence-electron chi connectivity index (χ2n) is 8.64. The third kappa shape index (κ3) is 7.59. The Bertz CT molecular complexity index is 969. The summed E-state index contributed by atoms with van der Waals surface area (Å²) in [5.41, 5.74) is 2.45. The molecule has 1 aliphatic heterocycles. The van der Waals surface area contributed by atoms with Crippen LogP contribution in [0.4, 0.5) is 11.4 Å². The van der Waals surface area contributed by atoms with Crippen molar-refractivity contribution in [2.45, 2.75) is 26.2 Å². The smallest absolute Gasteiger partial charge is 0.253 e. The number of benzene rings is 2. The zero-order valence-corrected chi connectivity index (χ0v) is 19.9. The van der Waals surface area contributed by atoms with Crippen molar-refractivity contribution >= 4 is 29.1 Å². The van der Waals surface area contributed by atoms with Crippen LogP contribution < -0.4 is 16.0 Å². The number of hydrogen-bond acceptors (Lipinski definition) is 5. The molecule has 1 saturated heterocycles. The average Bonchev–Trinajstić information content (AvgIpc) is 2.86. The van der Waals surface area contributed by atoms with E-state index in [9.17, 15) is 14.4 Å². The number of nitrogens with zero attached hydrogens (tertiary/aromatic N) is 1. The van der Waals surface area contributed by atoms with Gasteiger partial charge in [0.25, 0.3) is 11.8 Å². The number of piperidine rings is 1. The number of ether oxygens (including phenoxy) is 1. The topological polar surface area (TPSA) is 99.8 Å². The molecule has 2 aromatic rings. The molecule has 34 heavy (non-hydrogen) atoms. The van der Waals surface area contributed by atoms with Gasteiger partial charge in [0.05, 0.1) is 6.54 Å². The number of carbonyl (C=O) groups excluding carboxylic acids is 3. The summed E-state index contributed by atoms with van der Waals surface area (Å²) < 4.78 is 4.97. The Morgan fingerprint density at radius 1 is 1.00 bits per heavy atom. The van der Waals surface area contributed by atoms with E-state index in [1.165, 1.54) is 0 Å². The van der Waals surface area contributed by atoms with Crippen LogP contribution in [-0.4, -0.2) is 62.5 Å². The lowest BCUT2D eigenvalue weighted by Crippen LogP contribution is -2.37. The highest BCUT2D eigenvalue weighted by Gasteiger charge is 2.21. The van der Waals surface area contributed by atoms with Crippen molar-refractivity contribution in [3.05, 3.63) is 59.7 Å². The van der Waals surface area contributed by atoms with Crippen LogP contribution in [0.3, 0.4) is 0 Å². The van der Waals surface area contributed by atoms with Gasteiger partial charge in [0.1, 0.15) is 0 Å². The molecule has 3 amide bonds. The predicted molar refractivity (Wildman–Crippen MR) is 133 cm³/mol. The Balaban J connectivity index is 1.46. The van der Waals surface area contributed by atoms with Crippen LogP contribution in [-0.2, 0) is 9.53 Å². The molecule has 0 radical (unpaired) electrons. The molecule has 8 heteroatoms. The molecule has 3 N–H and O–H groups in total. The normalized spacial score (nSPS) is 13.9. The Hall–Kier alpha value is -3.39. The van der Waals surface area contributed by atoms with Gasteiger partial charge in [-0.2, -0.15) is 0 Å². The molecule has 0 unspecified atom stereocenters. The molecule has 0 bridgehead atoms. The largest absolute Gasteiger partial charge is 0.385 e. The average molecular weight is 467 g/mol. The standard InChI is InChI=1S/C26H34N4O4/c1-19-11-14-30(15-12-19)26(33)20-7-9-22(10-8-20)29-24(31)18-28-23-6-3-5-21(17-23)25(32)27-13-4-16-34-2/h3,5-10,17,19,28H,4,11-16,18H2,1-2H3,(H,27,32)(H,29,31). The third-order valence-corrected chi connectivity index (χ3v) is 5.88. The fourth-order valence-corrected chi connectivity index (χ4v) is 3.77. The molecule has 1 fully saturated rings. The minimum Gasteiger partial charge on any atom is -0.385 e. The number of rotatable bonds is 10.